The van der Waals surface area contributed by atoms with Gasteiger partial charge in [-0.3, -0.25) is 14.4 Å². The maximum absolute atomic E-state index is 15.6. The van der Waals surface area contributed by atoms with Crippen molar-refractivity contribution in [3.05, 3.63) is 33.9 Å². The number of thioether (sulfide) groups is 1. The Morgan fingerprint density at radius 2 is 2.09 bits per heavy atom. The van der Waals surface area contributed by atoms with Gasteiger partial charge in [-0.15, -0.1) is 0 Å². The van der Waals surface area contributed by atoms with Crippen LogP contribution in [-0.4, -0.2) is 61.2 Å². The van der Waals surface area contributed by atoms with Crippen molar-refractivity contribution in [2.45, 2.75) is 37.8 Å². The molecule has 3 aliphatic rings. The number of piperidine rings is 1. The van der Waals surface area contributed by atoms with Gasteiger partial charge in [0.15, 0.2) is 11.6 Å². The lowest BCUT2D eigenvalue weighted by molar-refractivity contribution is -0.118. The predicted octanol–water partition coefficient (Wildman–Crippen LogP) is 2.29. The molecule has 10 heteroatoms. The number of ether oxygens (including phenoxy) is 1. The SMILES string of the molecule is CNC(=O)CSC(=O)c1cn(C2CC2)c2c(OC)c(N3CC4CCCNC4C3)c(F)cc2c1=O. The Bertz CT molecular complexity index is 1200. The van der Waals surface area contributed by atoms with Crippen LogP contribution >= 0.6 is 11.8 Å². The van der Waals surface area contributed by atoms with Crippen molar-refractivity contribution in [1.82, 2.24) is 15.2 Å². The molecule has 5 rings (SSSR count). The zero-order valence-corrected chi connectivity index (χ0v) is 20.2. The summed E-state index contributed by atoms with van der Waals surface area (Å²) in [5.74, 6) is -0.117. The Morgan fingerprint density at radius 3 is 2.76 bits per heavy atom. The minimum atomic E-state index is -0.540. The summed E-state index contributed by atoms with van der Waals surface area (Å²) in [5, 5.41) is 5.63. The van der Waals surface area contributed by atoms with Gasteiger partial charge in [0, 0.05) is 38.4 Å². The first-order valence-electron chi connectivity index (χ1n) is 11.7. The summed E-state index contributed by atoms with van der Waals surface area (Å²) in [6, 6.07) is 1.69. The minimum Gasteiger partial charge on any atom is -0.492 e. The van der Waals surface area contributed by atoms with E-state index in [2.05, 4.69) is 10.6 Å². The number of hydrogen-bond donors (Lipinski definition) is 2. The van der Waals surface area contributed by atoms with Crippen molar-refractivity contribution < 1.29 is 18.7 Å². The first-order chi connectivity index (χ1) is 16.4. The quantitative estimate of drug-likeness (QED) is 0.645. The summed E-state index contributed by atoms with van der Waals surface area (Å²) in [4.78, 5) is 39.8. The van der Waals surface area contributed by atoms with Crippen LogP contribution in [-0.2, 0) is 4.79 Å². The molecular weight excluding hydrogens is 459 g/mol. The van der Waals surface area contributed by atoms with E-state index >= 15 is 4.39 Å². The van der Waals surface area contributed by atoms with Crippen molar-refractivity contribution in [2.75, 3.05) is 44.4 Å². The number of amides is 1. The summed E-state index contributed by atoms with van der Waals surface area (Å²) in [5.41, 5.74) is 0.330. The predicted molar refractivity (Wildman–Crippen MR) is 131 cm³/mol. The number of carbonyl (C=O) groups is 2. The number of nitrogens with one attached hydrogen (secondary N) is 2. The van der Waals surface area contributed by atoms with Crippen LogP contribution < -0.4 is 25.7 Å². The molecule has 0 spiro atoms. The highest BCUT2D eigenvalue weighted by Gasteiger charge is 2.38. The third-order valence-electron chi connectivity index (χ3n) is 7.09. The normalized spacial score (nSPS) is 22.0. The van der Waals surface area contributed by atoms with Crippen molar-refractivity contribution in [3.8, 4) is 5.75 Å². The highest BCUT2D eigenvalue weighted by Crippen LogP contribution is 2.45. The Morgan fingerprint density at radius 1 is 1.29 bits per heavy atom. The Balaban J connectivity index is 1.62. The highest BCUT2D eigenvalue weighted by atomic mass is 32.2. The van der Waals surface area contributed by atoms with Crippen LogP contribution in [0.1, 0.15) is 42.1 Å². The summed E-state index contributed by atoms with van der Waals surface area (Å²) < 4.78 is 23.3. The molecule has 2 atom stereocenters. The van der Waals surface area contributed by atoms with Gasteiger partial charge in [-0.2, -0.15) is 0 Å². The summed E-state index contributed by atoms with van der Waals surface area (Å²) >= 11 is 0.770. The molecule has 1 aromatic heterocycles. The maximum Gasteiger partial charge on any atom is 0.230 e. The average Bonchev–Trinajstić information content (AvgIpc) is 3.60. The zero-order valence-electron chi connectivity index (χ0n) is 19.4. The van der Waals surface area contributed by atoms with E-state index in [1.54, 1.807) is 6.20 Å². The molecule has 1 aromatic carbocycles. The summed E-state index contributed by atoms with van der Waals surface area (Å²) in [6.07, 6.45) is 5.60. The first-order valence-corrected chi connectivity index (χ1v) is 12.7. The van der Waals surface area contributed by atoms with Gasteiger partial charge in [0.05, 0.1) is 29.3 Å². The van der Waals surface area contributed by atoms with E-state index in [1.165, 1.54) is 20.2 Å². The van der Waals surface area contributed by atoms with E-state index < -0.39 is 16.4 Å². The Kier molecular flexibility index (Phi) is 6.28. The van der Waals surface area contributed by atoms with Gasteiger partial charge >= 0.3 is 0 Å². The van der Waals surface area contributed by atoms with Gasteiger partial charge < -0.3 is 24.8 Å². The molecule has 0 radical (unpaired) electrons. The second-order valence-corrected chi connectivity index (χ2v) is 10.2. The molecule has 3 fully saturated rings. The third kappa shape index (κ3) is 4.07. The van der Waals surface area contributed by atoms with E-state index in [1.807, 2.05) is 9.47 Å². The fourth-order valence-electron chi connectivity index (χ4n) is 5.23. The number of carbonyl (C=O) groups excluding carboxylic acids is 2. The van der Waals surface area contributed by atoms with Gasteiger partial charge in [-0.25, -0.2) is 4.39 Å². The molecule has 2 aliphatic heterocycles. The van der Waals surface area contributed by atoms with Crippen LogP contribution in [0.15, 0.2) is 17.1 Å². The molecule has 1 saturated carbocycles. The lowest BCUT2D eigenvalue weighted by atomic mass is 9.94. The number of benzene rings is 1. The second kappa shape index (κ2) is 9.22. The largest absolute Gasteiger partial charge is 0.492 e. The van der Waals surface area contributed by atoms with Crippen LogP contribution in [0.2, 0.25) is 0 Å². The topological polar surface area (TPSA) is 92.7 Å². The van der Waals surface area contributed by atoms with Gasteiger partial charge in [-0.1, -0.05) is 11.8 Å². The van der Waals surface area contributed by atoms with Crippen LogP contribution in [0.3, 0.4) is 0 Å². The lowest BCUT2D eigenvalue weighted by Gasteiger charge is -2.25. The standard InChI is InChI=1S/C24H29FN4O4S/c1-26-19(30)12-34-24(32)16-10-29(14-5-6-14)20-15(22(16)31)8-17(25)21(23(20)33-2)28-9-13-4-3-7-27-18(13)11-28/h8,10,13-14,18,27H,3-7,9,11-12H2,1-2H3,(H,26,30). The Hall–Kier alpha value is -2.59. The number of hydrogen-bond acceptors (Lipinski definition) is 7. The number of pyridine rings is 1. The number of nitrogens with zero attached hydrogens (tertiary/aromatic N) is 2. The summed E-state index contributed by atoms with van der Waals surface area (Å²) in [7, 11) is 2.99. The van der Waals surface area contributed by atoms with Crippen LogP contribution in [0.4, 0.5) is 10.1 Å². The van der Waals surface area contributed by atoms with Crippen molar-refractivity contribution in [1.29, 1.82) is 0 Å². The van der Waals surface area contributed by atoms with E-state index in [-0.39, 0.29) is 28.7 Å². The van der Waals surface area contributed by atoms with Crippen LogP contribution in [0, 0.1) is 11.7 Å². The smallest absolute Gasteiger partial charge is 0.230 e. The molecule has 1 aliphatic carbocycles. The van der Waals surface area contributed by atoms with Gasteiger partial charge in [0.25, 0.3) is 0 Å². The number of anilines is 1. The number of halogens is 1. The molecule has 3 heterocycles. The van der Waals surface area contributed by atoms with Crippen LogP contribution in [0.25, 0.3) is 10.9 Å². The fraction of sp³-hybridized carbons (Fsp3) is 0.542. The minimum absolute atomic E-state index is 0.0427. The molecule has 1 amide bonds. The van der Waals surface area contributed by atoms with Gasteiger partial charge in [0.1, 0.15) is 5.69 Å². The van der Waals surface area contributed by atoms with E-state index in [9.17, 15) is 14.4 Å². The molecule has 2 unspecified atom stereocenters. The molecule has 8 nitrogen and oxygen atoms in total. The van der Waals surface area contributed by atoms with Crippen molar-refractivity contribution in [2.24, 2.45) is 5.92 Å². The molecule has 2 N–H and O–H groups in total. The summed E-state index contributed by atoms with van der Waals surface area (Å²) in [6.45, 7) is 2.39. The van der Waals surface area contributed by atoms with Crippen LogP contribution in [0.5, 0.6) is 5.75 Å². The second-order valence-electron chi connectivity index (χ2n) is 9.26. The highest BCUT2D eigenvalue weighted by molar-refractivity contribution is 8.14. The number of fused-ring (bicyclic) bond motifs is 2. The third-order valence-corrected chi connectivity index (χ3v) is 7.98. The van der Waals surface area contributed by atoms with E-state index in [0.29, 0.717) is 35.5 Å². The van der Waals surface area contributed by atoms with E-state index in [4.69, 9.17) is 4.74 Å². The monoisotopic (exact) mass is 488 g/mol. The molecule has 2 saturated heterocycles. The van der Waals surface area contributed by atoms with E-state index in [0.717, 1.165) is 50.5 Å². The molecule has 182 valence electrons. The fourth-order valence-corrected chi connectivity index (χ4v) is 5.94. The zero-order chi connectivity index (χ0) is 24.0. The number of rotatable bonds is 6. The number of methoxy groups -OCH3 is 1. The average molecular weight is 489 g/mol. The maximum atomic E-state index is 15.6. The molecule has 34 heavy (non-hydrogen) atoms. The molecule has 0 bridgehead atoms. The van der Waals surface area contributed by atoms with Crippen molar-refractivity contribution in [3.63, 3.8) is 0 Å². The van der Waals surface area contributed by atoms with Gasteiger partial charge in [-0.05, 0) is 44.2 Å². The molecular formula is C24H29FN4O4S. The molecule has 2 aromatic rings. The van der Waals surface area contributed by atoms with Gasteiger partial charge in [0.2, 0.25) is 16.5 Å². The Labute approximate surface area is 201 Å². The lowest BCUT2D eigenvalue weighted by Crippen LogP contribution is -2.40. The first kappa shape index (κ1) is 23.2. The number of aromatic nitrogens is 1. The van der Waals surface area contributed by atoms with Crippen molar-refractivity contribution >= 4 is 39.4 Å².